The van der Waals surface area contributed by atoms with E-state index in [1.54, 1.807) is 0 Å². The lowest BCUT2D eigenvalue weighted by molar-refractivity contribution is -0.144. The summed E-state index contributed by atoms with van der Waals surface area (Å²) in [4.78, 5) is 6.57. The van der Waals surface area contributed by atoms with Crippen LogP contribution in [0.3, 0.4) is 0 Å². The molecule has 1 aromatic rings. The molecule has 4 nitrogen and oxygen atoms in total. The number of alkyl halides is 3. The van der Waals surface area contributed by atoms with Gasteiger partial charge in [0, 0.05) is 19.2 Å². The smallest absolute Gasteiger partial charge is 0.373 e. The van der Waals surface area contributed by atoms with Crippen molar-refractivity contribution < 1.29 is 17.9 Å². The van der Waals surface area contributed by atoms with Gasteiger partial charge >= 0.3 is 6.18 Å². The molecule has 106 valence electrons. The Hall–Kier alpha value is -1.08. The fraction of sp³-hybridized carbons (Fsp3) is 0.636. The lowest BCUT2D eigenvalue weighted by Gasteiger charge is -2.23. The second kappa shape index (κ2) is 5.13. The van der Waals surface area contributed by atoms with E-state index in [-0.39, 0.29) is 16.6 Å². The van der Waals surface area contributed by atoms with E-state index in [9.17, 15) is 13.2 Å². The quantitative estimate of drug-likeness (QED) is 0.870. The first-order chi connectivity index (χ1) is 8.78. The van der Waals surface area contributed by atoms with Crippen molar-refractivity contribution in [2.75, 3.05) is 18.5 Å². The summed E-state index contributed by atoms with van der Waals surface area (Å²) in [6, 6.07) is 1.26. The number of hydrogen-bond donors (Lipinski definition) is 1. The third-order valence-corrected chi connectivity index (χ3v) is 3.09. The summed E-state index contributed by atoms with van der Waals surface area (Å²) in [6.07, 6.45) is -2.82. The molecule has 0 saturated carbocycles. The van der Waals surface area contributed by atoms with Crippen molar-refractivity contribution in [2.45, 2.75) is 31.5 Å². The van der Waals surface area contributed by atoms with E-state index < -0.39 is 12.0 Å². The normalized spacial score (nSPS) is 23.6. The lowest BCUT2D eigenvalue weighted by atomic mass is 10.0. The zero-order valence-corrected chi connectivity index (χ0v) is 11.0. The Morgan fingerprint density at radius 1 is 1.47 bits per heavy atom. The largest absolute Gasteiger partial charge is 0.451 e. The molecule has 1 aromatic heterocycles. The predicted octanol–water partition coefficient (Wildman–Crippen LogP) is 3.13. The van der Waals surface area contributed by atoms with Gasteiger partial charge in [-0.15, -0.1) is 0 Å². The van der Waals surface area contributed by atoms with Gasteiger partial charge in [0.05, 0.1) is 5.60 Å². The van der Waals surface area contributed by atoms with Crippen LogP contribution < -0.4 is 5.32 Å². The number of rotatable bonds is 3. The van der Waals surface area contributed by atoms with Crippen LogP contribution in [-0.4, -0.2) is 28.7 Å². The van der Waals surface area contributed by atoms with Crippen LogP contribution in [0, 0.1) is 0 Å². The summed E-state index contributed by atoms with van der Waals surface area (Å²) in [5.41, 5.74) is -0.379. The molecule has 1 atom stereocenters. The third kappa shape index (κ3) is 3.70. The maximum atomic E-state index is 12.5. The molecule has 0 bridgehead atoms. The lowest BCUT2D eigenvalue weighted by Crippen LogP contribution is -2.33. The molecular weight excluding hydrogens is 283 g/mol. The van der Waals surface area contributed by atoms with E-state index in [1.807, 2.05) is 6.92 Å². The Morgan fingerprint density at radius 3 is 2.79 bits per heavy atom. The minimum atomic E-state index is -4.62. The molecule has 1 unspecified atom stereocenters. The van der Waals surface area contributed by atoms with E-state index in [1.165, 1.54) is 6.07 Å². The summed E-state index contributed by atoms with van der Waals surface area (Å²) in [5, 5.41) is 2.57. The summed E-state index contributed by atoms with van der Waals surface area (Å²) >= 11 is 5.56. The molecule has 0 radical (unpaired) electrons. The molecule has 1 aliphatic heterocycles. The van der Waals surface area contributed by atoms with Crippen LogP contribution in [0.25, 0.3) is 0 Å². The van der Waals surface area contributed by atoms with Crippen molar-refractivity contribution in [3.63, 3.8) is 0 Å². The van der Waals surface area contributed by atoms with Gasteiger partial charge in [0.15, 0.2) is 0 Å². The maximum Gasteiger partial charge on any atom is 0.451 e. The highest BCUT2D eigenvalue weighted by atomic mass is 35.5. The molecule has 2 rings (SSSR count). The third-order valence-electron chi connectivity index (χ3n) is 2.89. The fourth-order valence-electron chi connectivity index (χ4n) is 1.89. The molecule has 0 aliphatic carbocycles. The van der Waals surface area contributed by atoms with Crippen molar-refractivity contribution in [3.05, 3.63) is 17.0 Å². The summed E-state index contributed by atoms with van der Waals surface area (Å²) in [6.45, 7) is 2.94. The standard InChI is InChI=1S/C11H13ClF3N3O/c1-10(3-2-4-19-10)6-16-8-5-7(12)17-9(18-8)11(13,14)15/h5H,2-4,6H2,1H3,(H,16,17,18). The Kier molecular flexibility index (Phi) is 3.87. The summed E-state index contributed by atoms with van der Waals surface area (Å²) in [7, 11) is 0. The second-order valence-corrected chi connectivity index (χ2v) is 5.04. The van der Waals surface area contributed by atoms with Crippen molar-refractivity contribution in [3.8, 4) is 0 Å². The average molecular weight is 296 g/mol. The Bertz CT molecular complexity index is 461. The van der Waals surface area contributed by atoms with Crippen molar-refractivity contribution in [1.82, 2.24) is 9.97 Å². The molecular formula is C11H13ClF3N3O. The van der Waals surface area contributed by atoms with Crippen LogP contribution in [0.15, 0.2) is 6.07 Å². The molecule has 0 spiro atoms. The predicted molar refractivity (Wildman–Crippen MR) is 64.1 cm³/mol. The molecule has 8 heteroatoms. The Labute approximate surface area is 113 Å². The van der Waals surface area contributed by atoms with Gasteiger partial charge < -0.3 is 10.1 Å². The van der Waals surface area contributed by atoms with Gasteiger partial charge in [0.2, 0.25) is 5.82 Å². The SMILES string of the molecule is CC1(CNc2cc(Cl)nc(C(F)(F)F)n2)CCCO1. The van der Waals surface area contributed by atoms with Crippen molar-refractivity contribution in [2.24, 2.45) is 0 Å². The summed E-state index contributed by atoms with van der Waals surface area (Å²) in [5.74, 6) is -1.20. The van der Waals surface area contributed by atoms with E-state index in [0.717, 1.165) is 12.8 Å². The molecule has 1 N–H and O–H groups in total. The molecule has 1 fully saturated rings. The zero-order chi connectivity index (χ0) is 14.1. The molecule has 0 aromatic carbocycles. The van der Waals surface area contributed by atoms with Gasteiger partial charge in [-0.3, -0.25) is 0 Å². The van der Waals surface area contributed by atoms with E-state index in [4.69, 9.17) is 16.3 Å². The highest BCUT2D eigenvalue weighted by Gasteiger charge is 2.35. The van der Waals surface area contributed by atoms with Crippen molar-refractivity contribution >= 4 is 17.4 Å². The van der Waals surface area contributed by atoms with Gasteiger partial charge in [-0.2, -0.15) is 13.2 Å². The molecule has 1 saturated heterocycles. The molecule has 19 heavy (non-hydrogen) atoms. The minimum absolute atomic E-state index is 0.0454. The van der Waals surface area contributed by atoms with Gasteiger partial charge in [-0.1, -0.05) is 11.6 Å². The Balaban J connectivity index is 2.10. The number of nitrogens with zero attached hydrogens (tertiary/aromatic N) is 2. The molecule has 0 amide bonds. The average Bonchev–Trinajstić information content (AvgIpc) is 2.72. The van der Waals surface area contributed by atoms with Gasteiger partial charge in [-0.25, -0.2) is 9.97 Å². The number of halogens is 4. The molecule has 2 heterocycles. The Morgan fingerprint density at radius 2 is 2.21 bits per heavy atom. The van der Waals surface area contributed by atoms with Gasteiger partial charge in [-0.05, 0) is 19.8 Å². The monoisotopic (exact) mass is 295 g/mol. The van der Waals surface area contributed by atoms with E-state index in [0.29, 0.717) is 13.2 Å². The van der Waals surface area contributed by atoms with Crippen molar-refractivity contribution in [1.29, 1.82) is 0 Å². The maximum absolute atomic E-state index is 12.5. The highest BCUT2D eigenvalue weighted by Crippen LogP contribution is 2.29. The van der Waals surface area contributed by atoms with Gasteiger partial charge in [0.1, 0.15) is 11.0 Å². The second-order valence-electron chi connectivity index (χ2n) is 4.65. The first-order valence-electron chi connectivity index (χ1n) is 5.78. The van der Waals surface area contributed by atoms with E-state index in [2.05, 4.69) is 15.3 Å². The number of ether oxygens (including phenoxy) is 1. The van der Waals surface area contributed by atoms with Crippen LogP contribution in [0.2, 0.25) is 5.15 Å². The number of hydrogen-bond acceptors (Lipinski definition) is 4. The number of aromatic nitrogens is 2. The first-order valence-corrected chi connectivity index (χ1v) is 6.16. The zero-order valence-electron chi connectivity index (χ0n) is 10.2. The number of nitrogens with one attached hydrogen (secondary N) is 1. The van der Waals surface area contributed by atoms with Crippen LogP contribution in [0.5, 0.6) is 0 Å². The fourth-order valence-corrected chi connectivity index (χ4v) is 2.07. The van der Waals surface area contributed by atoms with Crippen LogP contribution in [0.1, 0.15) is 25.6 Å². The van der Waals surface area contributed by atoms with Crippen LogP contribution in [0.4, 0.5) is 19.0 Å². The molecule has 1 aliphatic rings. The minimum Gasteiger partial charge on any atom is -0.373 e. The number of anilines is 1. The van der Waals surface area contributed by atoms with Gasteiger partial charge in [0.25, 0.3) is 0 Å². The summed E-state index contributed by atoms with van der Waals surface area (Å²) < 4.78 is 43.1. The first kappa shape index (κ1) is 14.3. The topological polar surface area (TPSA) is 47.0 Å². The van der Waals surface area contributed by atoms with Crippen LogP contribution >= 0.6 is 11.6 Å². The van der Waals surface area contributed by atoms with Crippen LogP contribution in [-0.2, 0) is 10.9 Å². The van der Waals surface area contributed by atoms with E-state index >= 15 is 0 Å². The highest BCUT2D eigenvalue weighted by molar-refractivity contribution is 6.29.